The van der Waals surface area contributed by atoms with Gasteiger partial charge in [0, 0.05) is 16.8 Å². The number of methoxy groups -OCH3 is 1. The van der Waals surface area contributed by atoms with E-state index in [9.17, 15) is 14.4 Å². The van der Waals surface area contributed by atoms with E-state index < -0.39 is 18.0 Å². The van der Waals surface area contributed by atoms with Crippen LogP contribution in [0.25, 0.3) is 0 Å². The van der Waals surface area contributed by atoms with Crippen molar-refractivity contribution in [1.82, 2.24) is 0 Å². The van der Waals surface area contributed by atoms with Crippen molar-refractivity contribution in [3.05, 3.63) is 59.2 Å². The van der Waals surface area contributed by atoms with E-state index >= 15 is 0 Å². The molecular weight excluding hydrogens is 370 g/mol. The van der Waals surface area contributed by atoms with Gasteiger partial charge in [0.1, 0.15) is 5.75 Å². The highest BCUT2D eigenvalue weighted by Gasteiger charge is 2.20. The van der Waals surface area contributed by atoms with Gasteiger partial charge in [-0.25, -0.2) is 0 Å². The zero-order chi connectivity index (χ0) is 21.6. The highest BCUT2D eigenvalue weighted by molar-refractivity contribution is 5.96. The van der Waals surface area contributed by atoms with Gasteiger partial charge in [0.15, 0.2) is 11.9 Å². The van der Waals surface area contributed by atoms with Crippen molar-refractivity contribution in [2.24, 2.45) is 0 Å². The summed E-state index contributed by atoms with van der Waals surface area (Å²) in [6.45, 7) is 7.15. The summed E-state index contributed by atoms with van der Waals surface area (Å²) in [5.41, 5.74) is 2.81. The molecule has 0 aliphatic rings. The third-order valence-electron chi connectivity index (χ3n) is 4.54. The highest BCUT2D eigenvalue weighted by atomic mass is 16.5. The maximum atomic E-state index is 12.3. The van der Waals surface area contributed by atoms with Gasteiger partial charge in [-0.1, -0.05) is 26.0 Å². The molecule has 2 rings (SSSR count). The van der Waals surface area contributed by atoms with Crippen LogP contribution >= 0.6 is 0 Å². The molecule has 1 N–H and O–H groups in total. The average molecular weight is 397 g/mol. The Kier molecular flexibility index (Phi) is 7.53. The number of amides is 1. The van der Waals surface area contributed by atoms with Gasteiger partial charge in [0.2, 0.25) is 0 Å². The lowest BCUT2D eigenvalue weighted by Crippen LogP contribution is -2.30. The van der Waals surface area contributed by atoms with Crippen molar-refractivity contribution in [1.29, 1.82) is 0 Å². The first-order valence-electron chi connectivity index (χ1n) is 9.49. The molecule has 6 nitrogen and oxygen atoms in total. The van der Waals surface area contributed by atoms with Crippen LogP contribution in [0.1, 0.15) is 55.1 Å². The summed E-state index contributed by atoms with van der Waals surface area (Å²) in [6.07, 6.45) is -1.07. The fourth-order valence-electron chi connectivity index (χ4n) is 2.78. The van der Waals surface area contributed by atoms with Crippen LogP contribution in [0, 0.1) is 0 Å². The van der Waals surface area contributed by atoms with E-state index in [4.69, 9.17) is 9.47 Å². The van der Waals surface area contributed by atoms with E-state index in [-0.39, 0.29) is 12.2 Å². The minimum atomic E-state index is -0.964. The molecule has 0 aromatic heterocycles. The van der Waals surface area contributed by atoms with Crippen molar-refractivity contribution in [2.75, 3.05) is 12.4 Å². The van der Waals surface area contributed by atoms with Crippen molar-refractivity contribution < 1.29 is 23.9 Å². The number of ketones is 1. The van der Waals surface area contributed by atoms with Crippen LogP contribution < -0.4 is 10.1 Å². The summed E-state index contributed by atoms with van der Waals surface area (Å²) in [5.74, 6) is -0.229. The van der Waals surface area contributed by atoms with Crippen LogP contribution in [-0.2, 0) is 20.7 Å². The Labute approximate surface area is 171 Å². The standard InChI is InChI=1S/C23H27NO5/c1-14(2)17-6-9-20(10-7-17)24-23(27)16(4)29-22(26)13-19-12-18(15(3)25)8-11-21(19)28-5/h6-12,14,16H,13H2,1-5H3,(H,24,27)/t16-/m0/s1. The van der Waals surface area contributed by atoms with Gasteiger partial charge in [-0.3, -0.25) is 14.4 Å². The van der Waals surface area contributed by atoms with E-state index in [2.05, 4.69) is 19.2 Å². The smallest absolute Gasteiger partial charge is 0.311 e. The zero-order valence-corrected chi connectivity index (χ0v) is 17.4. The number of nitrogens with one attached hydrogen (secondary N) is 1. The molecule has 0 unspecified atom stereocenters. The Morgan fingerprint density at radius 1 is 1.00 bits per heavy atom. The van der Waals surface area contributed by atoms with Crippen molar-refractivity contribution in [2.45, 2.75) is 46.1 Å². The second-order valence-corrected chi connectivity index (χ2v) is 7.16. The molecule has 1 atom stereocenters. The molecule has 0 aliphatic heterocycles. The number of Topliss-reactive ketones (excluding diaryl/α,β-unsaturated/α-hetero) is 1. The topological polar surface area (TPSA) is 81.7 Å². The average Bonchev–Trinajstić information content (AvgIpc) is 2.68. The molecule has 1 amide bonds. The van der Waals surface area contributed by atoms with Crippen LogP contribution in [0.5, 0.6) is 5.75 Å². The number of esters is 1. The second kappa shape index (κ2) is 9.87. The first kappa shape index (κ1) is 22.1. The van der Waals surface area contributed by atoms with Crippen LogP contribution in [0.2, 0.25) is 0 Å². The van der Waals surface area contributed by atoms with Crippen molar-refractivity contribution in [3.63, 3.8) is 0 Å². The first-order valence-corrected chi connectivity index (χ1v) is 9.49. The zero-order valence-electron chi connectivity index (χ0n) is 17.4. The molecule has 0 radical (unpaired) electrons. The molecule has 0 spiro atoms. The Morgan fingerprint density at radius 2 is 1.66 bits per heavy atom. The lowest BCUT2D eigenvalue weighted by atomic mass is 10.0. The monoisotopic (exact) mass is 397 g/mol. The third kappa shape index (κ3) is 6.17. The molecule has 0 saturated heterocycles. The molecule has 0 aliphatic carbocycles. The van der Waals surface area contributed by atoms with Crippen LogP contribution in [-0.4, -0.2) is 30.9 Å². The number of hydrogen-bond acceptors (Lipinski definition) is 5. The predicted octanol–water partition coefficient (Wildman–Crippen LogP) is 4.13. The van der Waals surface area contributed by atoms with E-state index in [1.54, 1.807) is 18.2 Å². The lowest BCUT2D eigenvalue weighted by Gasteiger charge is -2.15. The number of carbonyl (C=O) groups excluding carboxylic acids is 3. The maximum absolute atomic E-state index is 12.3. The Bertz CT molecular complexity index is 887. The Hall–Kier alpha value is -3.15. The van der Waals surface area contributed by atoms with Crippen molar-refractivity contribution in [3.8, 4) is 5.75 Å². The summed E-state index contributed by atoms with van der Waals surface area (Å²) in [5, 5.41) is 2.74. The molecule has 2 aromatic rings. The highest BCUT2D eigenvalue weighted by Crippen LogP contribution is 2.22. The van der Waals surface area contributed by atoms with Gasteiger partial charge in [0.05, 0.1) is 13.5 Å². The Morgan fingerprint density at radius 3 is 2.21 bits per heavy atom. The number of ether oxygens (including phenoxy) is 2. The number of carbonyl (C=O) groups is 3. The summed E-state index contributed by atoms with van der Waals surface area (Å²) >= 11 is 0. The SMILES string of the molecule is COc1ccc(C(C)=O)cc1CC(=O)O[C@@H](C)C(=O)Nc1ccc(C(C)C)cc1. The Balaban J connectivity index is 1.98. The van der Waals surface area contributed by atoms with Gasteiger partial charge in [-0.15, -0.1) is 0 Å². The molecule has 0 bridgehead atoms. The minimum absolute atomic E-state index is 0.106. The number of rotatable bonds is 8. The third-order valence-corrected chi connectivity index (χ3v) is 4.54. The summed E-state index contributed by atoms with van der Waals surface area (Å²) in [7, 11) is 1.48. The predicted molar refractivity (Wildman–Crippen MR) is 111 cm³/mol. The molecule has 0 heterocycles. The minimum Gasteiger partial charge on any atom is -0.496 e. The van der Waals surface area contributed by atoms with Gasteiger partial charge < -0.3 is 14.8 Å². The number of hydrogen-bond donors (Lipinski definition) is 1. The van der Waals surface area contributed by atoms with Gasteiger partial charge in [-0.05, 0) is 55.7 Å². The van der Waals surface area contributed by atoms with Crippen LogP contribution in [0.3, 0.4) is 0 Å². The van der Waals surface area contributed by atoms with Gasteiger partial charge in [0.25, 0.3) is 5.91 Å². The maximum Gasteiger partial charge on any atom is 0.311 e. The molecule has 0 fully saturated rings. The molecule has 0 saturated carbocycles. The largest absolute Gasteiger partial charge is 0.496 e. The lowest BCUT2D eigenvalue weighted by molar-refractivity contribution is -0.152. The molecule has 6 heteroatoms. The van der Waals surface area contributed by atoms with E-state index in [0.29, 0.717) is 28.5 Å². The van der Waals surface area contributed by atoms with Gasteiger partial charge >= 0.3 is 5.97 Å². The van der Waals surface area contributed by atoms with Crippen molar-refractivity contribution >= 4 is 23.3 Å². The molecule has 2 aromatic carbocycles. The van der Waals surface area contributed by atoms with Crippen LogP contribution in [0.15, 0.2) is 42.5 Å². The summed E-state index contributed by atoms with van der Waals surface area (Å²) in [4.78, 5) is 36.2. The number of benzene rings is 2. The first-order chi connectivity index (χ1) is 13.7. The summed E-state index contributed by atoms with van der Waals surface area (Å²) in [6, 6.07) is 12.4. The second-order valence-electron chi connectivity index (χ2n) is 7.16. The summed E-state index contributed by atoms with van der Waals surface area (Å²) < 4.78 is 10.5. The van der Waals surface area contributed by atoms with E-state index in [1.807, 2.05) is 24.3 Å². The molecule has 29 heavy (non-hydrogen) atoms. The fourth-order valence-corrected chi connectivity index (χ4v) is 2.78. The number of anilines is 1. The molecule has 154 valence electrons. The van der Waals surface area contributed by atoms with E-state index in [0.717, 1.165) is 0 Å². The fraction of sp³-hybridized carbons (Fsp3) is 0.348. The van der Waals surface area contributed by atoms with Gasteiger partial charge in [-0.2, -0.15) is 0 Å². The normalized spacial score (nSPS) is 11.7. The van der Waals surface area contributed by atoms with Crippen LogP contribution in [0.4, 0.5) is 5.69 Å². The van der Waals surface area contributed by atoms with E-state index in [1.165, 1.54) is 26.5 Å². The quantitative estimate of drug-likeness (QED) is 0.535. The molecular formula is C23H27NO5.